The highest BCUT2D eigenvalue weighted by atomic mass is 16.3. The molecule has 132 valence electrons. The van der Waals surface area contributed by atoms with Crippen LogP contribution in [0.5, 0.6) is 0 Å². The van der Waals surface area contributed by atoms with Gasteiger partial charge in [-0.3, -0.25) is 4.40 Å². The predicted octanol–water partition coefficient (Wildman–Crippen LogP) is 2.40. The minimum absolute atomic E-state index is 0.466. The Bertz CT molecular complexity index is 793. The Labute approximate surface area is 147 Å². The van der Waals surface area contributed by atoms with E-state index < -0.39 is 0 Å². The Morgan fingerprint density at radius 3 is 2.92 bits per heavy atom. The molecule has 0 aliphatic rings. The Hall–Kier alpha value is -2.83. The molecule has 0 radical (unpaired) electrons. The first-order valence-corrected chi connectivity index (χ1v) is 8.70. The number of aromatic nitrogens is 3. The maximum absolute atomic E-state index is 5.36. The van der Waals surface area contributed by atoms with E-state index in [4.69, 9.17) is 4.42 Å². The fourth-order valence-electron chi connectivity index (χ4n) is 2.47. The molecule has 7 nitrogen and oxygen atoms in total. The SMILES string of the molecule is CCCCNC(=NCc1nnc2ccccn12)NCCc1ccco1. The second-order valence-electron chi connectivity index (χ2n) is 5.75. The van der Waals surface area contributed by atoms with E-state index in [1.54, 1.807) is 6.26 Å². The summed E-state index contributed by atoms with van der Waals surface area (Å²) in [6.45, 7) is 4.29. The van der Waals surface area contributed by atoms with Crippen molar-refractivity contribution in [1.82, 2.24) is 25.2 Å². The number of guanidine groups is 1. The van der Waals surface area contributed by atoms with Gasteiger partial charge in [0, 0.05) is 25.7 Å². The largest absolute Gasteiger partial charge is 0.469 e. The predicted molar refractivity (Wildman–Crippen MR) is 97.5 cm³/mol. The number of hydrogen-bond donors (Lipinski definition) is 2. The number of nitrogens with zero attached hydrogens (tertiary/aromatic N) is 4. The first kappa shape index (κ1) is 17.0. The van der Waals surface area contributed by atoms with Crippen LogP contribution in [0.2, 0.25) is 0 Å². The van der Waals surface area contributed by atoms with Gasteiger partial charge in [-0.15, -0.1) is 10.2 Å². The van der Waals surface area contributed by atoms with Crippen molar-refractivity contribution >= 4 is 11.6 Å². The molecule has 7 heteroatoms. The number of furan rings is 1. The molecule has 0 aromatic carbocycles. The molecule has 2 N–H and O–H groups in total. The number of nitrogens with one attached hydrogen (secondary N) is 2. The van der Waals surface area contributed by atoms with Gasteiger partial charge in [0.05, 0.1) is 6.26 Å². The highest BCUT2D eigenvalue weighted by Gasteiger charge is 2.05. The van der Waals surface area contributed by atoms with Crippen molar-refractivity contribution in [1.29, 1.82) is 0 Å². The molecule has 0 spiro atoms. The first-order chi connectivity index (χ1) is 12.4. The minimum atomic E-state index is 0.466. The van der Waals surface area contributed by atoms with E-state index in [9.17, 15) is 0 Å². The van der Waals surface area contributed by atoms with Crippen molar-refractivity contribution in [2.24, 2.45) is 4.99 Å². The summed E-state index contributed by atoms with van der Waals surface area (Å²) in [6.07, 6.45) is 6.71. The molecule has 0 saturated carbocycles. The lowest BCUT2D eigenvalue weighted by Gasteiger charge is -2.11. The molecule has 0 atom stereocenters. The third-order valence-electron chi connectivity index (χ3n) is 3.83. The quantitative estimate of drug-likeness (QED) is 0.374. The van der Waals surface area contributed by atoms with Crippen LogP contribution in [0.4, 0.5) is 0 Å². The van der Waals surface area contributed by atoms with E-state index in [1.807, 2.05) is 40.9 Å². The van der Waals surface area contributed by atoms with Gasteiger partial charge in [-0.1, -0.05) is 19.4 Å². The van der Waals surface area contributed by atoms with Gasteiger partial charge in [0.1, 0.15) is 12.3 Å². The van der Waals surface area contributed by atoms with E-state index in [2.05, 4.69) is 32.7 Å². The van der Waals surface area contributed by atoms with E-state index in [1.165, 1.54) is 0 Å². The van der Waals surface area contributed by atoms with Gasteiger partial charge < -0.3 is 15.1 Å². The van der Waals surface area contributed by atoms with E-state index in [-0.39, 0.29) is 0 Å². The van der Waals surface area contributed by atoms with Gasteiger partial charge in [-0.05, 0) is 30.7 Å². The molecule has 0 bridgehead atoms. The van der Waals surface area contributed by atoms with Gasteiger partial charge in [0.25, 0.3) is 0 Å². The second kappa shape index (κ2) is 8.86. The zero-order valence-electron chi connectivity index (χ0n) is 14.5. The van der Waals surface area contributed by atoms with Crippen LogP contribution < -0.4 is 10.6 Å². The molecule has 3 rings (SSSR count). The van der Waals surface area contributed by atoms with Crippen LogP contribution in [0.15, 0.2) is 52.2 Å². The summed E-state index contributed by atoms with van der Waals surface area (Å²) in [5, 5.41) is 15.1. The highest BCUT2D eigenvalue weighted by Crippen LogP contribution is 2.04. The third kappa shape index (κ3) is 4.82. The number of aliphatic imine (C=N–C) groups is 1. The summed E-state index contributed by atoms with van der Waals surface area (Å²) < 4.78 is 7.31. The van der Waals surface area contributed by atoms with Crippen molar-refractivity contribution in [3.05, 3.63) is 54.4 Å². The Morgan fingerprint density at radius 2 is 2.08 bits per heavy atom. The first-order valence-electron chi connectivity index (χ1n) is 8.70. The number of pyridine rings is 1. The molecule has 25 heavy (non-hydrogen) atoms. The smallest absolute Gasteiger partial charge is 0.191 e. The van der Waals surface area contributed by atoms with Crippen LogP contribution in [0, 0.1) is 0 Å². The van der Waals surface area contributed by atoms with Crippen LogP contribution in [0.1, 0.15) is 31.4 Å². The van der Waals surface area contributed by atoms with Crippen molar-refractivity contribution < 1.29 is 4.42 Å². The topological polar surface area (TPSA) is 79.8 Å². The summed E-state index contributed by atoms with van der Waals surface area (Å²) >= 11 is 0. The number of unbranched alkanes of at least 4 members (excludes halogenated alkanes) is 1. The van der Waals surface area contributed by atoms with Gasteiger partial charge in [-0.25, -0.2) is 4.99 Å². The minimum Gasteiger partial charge on any atom is -0.469 e. The van der Waals surface area contributed by atoms with Crippen LogP contribution in [0.3, 0.4) is 0 Å². The van der Waals surface area contributed by atoms with Crippen LogP contribution in [-0.4, -0.2) is 33.6 Å². The van der Waals surface area contributed by atoms with E-state index >= 15 is 0 Å². The lowest BCUT2D eigenvalue weighted by atomic mass is 10.3. The summed E-state index contributed by atoms with van der Waals surface area (Å²) in [7, 11) is 0. The maximum Gasteiger partial charge on any atom is 0.191 e. The molecule has 3 aromatic rings. The summed E-state index contributed by atoms with van der Waals surface area (Å²) in [6, 6.07) is 9.73. The van der Waals surface area contributed by atoms with Crippen LogP contribution in [-0.2, 0) is 13.0 Å². The Balaban J connectivity index is 1.61. The van der Waals surface area contributed by atoms with E-state index in [0.717, 1.165) is 55.5 Å². The molecule has 0 aliphatic carbocycles. The molecule has 3 heterocycles. The molecular weight excluding hydrogens is 316 g/mol. The zero-order chi connectivity index (χ0) is 17.3. The third-order valence-corrected chi connectivity index (χ3v) is 3.83. The summed E-state index contributed by atoms with van der Waals surface area (Å²) in [4.78, 5) is 4.65. The molecule has 0 saturated heterocycles. The van der Waals surface area contributed by atoms with Gasteiger partial charge in [-0.2, -0.15) is 0 Å². The number of rotatable bonds is 8. The molecule has 0 fully saturated rings. The second-order valence-corrected chi connectivity index (χ2v) is 5.75. The lowest BCUT2D eigenvalue weighted by Crippen LogP contribution is -2.39. The van der Waals surface area contributed by atoms with Gasteiger partial charge in [0.15, 0.2) is 17.4 Å². The Morgan fingerprint density at radius 1 is 1.16 bits per heavy atom. The molecule has 0 amide bonds. The number of fused-ring (bicyclic) bond motifs is 1. The van der Waals surface area contributed by atoms with Gasteiger partial charge >= 0.3 is 0 Å². The molecule has 3 aromatic heterocycles. The summed E-state index contributed by atoms with van der Waals surface area (Å²) in [5.74, 6) is 2.56. The van der Waals surface area contributed by atoms with Gasteiger partial charge in [0.2, 0.25) is 0 Å². The Kier molecular flexibility index (Phi) is 6.03. The zero-order valence-corrected chi connectivity index (χ0v) is 14.5. The average Bonchev–Trinajstić information content (AvgIpc) is 3.29. The highest BCUT2D eigenvalue weighted by molar-refractivity contribution is 5.79. The van der Waals surface area contributed by atoms with E-state index in [0.29, 0.717) is 6.54 Å². The van der Waals surface area contributed by atoms with Crippen molar-refractivity contribution in [2.75, 3.05) is 13.1 Å². The van der Waals surface area contributed by atoms with Crippen LogP contribution >= 0.6 is 0 Å². The fourth-order valence-corrected chi connectivity index (χ4v) is 2.47. The molecule has 0 aliphatic heterocycles. The van der Waals surface area contributed by atoms with Crippen molar-refractivity contribution in [3.63, 3.8) is 0 Å². The molecular formula is C18H24N6O. The van der Waals surface area contributed by atoms with Crippen molar-refractivity contribution in [3.8, 4) is 0 Å². The normalized spacial score (nSPS) is 11.8. The molecule has 0 unspecified atom stereocenters. The fraction of sp³-hybridized carbons (Fsp3) is 0.389. The average molecular weight is 340 g/mol. The van der Waals surface area contributed by atoms with Crippen LogP contribution in [0.25, 0.3) is 5.65 Å². The summed E-state index contributed by atoms with van der Waals surface area (Å²) in [5.41, 5.74) is 0.832. The standard InChI is InChI=1S/C18H24N6O/c1-2-3-10-19-18(20-11-9-15-7-6-13-25-15)21-14-17-23-22-16-8-4-5-12-24(16)17/h4-8,12-13H,2-3,9-11,14H2,1H3,(H2,19,20,21). The number of hydrogen-bond acceptors (Lipinski definition) is 4. The maximum atomic E-state index is 5.36. The monoisotopic (exact) mass is 340 g/mol. The lowest BCUT2D eigenvalue weighted by molar-refractivity contribution is 0.506. The van der Waals surface area contributed by atoms with Crippen molar-refractivity contribution in [2.45, 2.75) is 32.7 Å².